The third-order valence-electron chi connectivity index (χ3n) is 7.84. The van der Waals surface area contributed by atoms with Gasteiger partial charge in [0.15, 0.2) is 0 Å². The zero-order valence-electron chi connectivity index (χ0n) is 26.8. The molecule has 0 heterocycles. The summed E-state index contributed by atoms with van der Waals surface area (Å²) < 4.78 is 11.0. The SMILES string of the molecule is CC(C)CCCOC(=O)CCCCCCCCCCCCC(C(C)C)C(C(=O)OCCCC(C)C)C(C)C. The quantitative estimate of drug-likeness (QED) is 0.0857. The number of esters is 2. The van der Waals surface area contributed by atoms with Crippen LogP contribution in [0, 0.1) is 35.5 Å². The van der Waals surface area contributed by atoms with Crippen LogP contribution in [-0.2, 0) is 19.1 Å². The first kappa shape index (κ1) is 36.9. The van der Waals surface area contributed by atoms with Crippen molar-refractivity contribution in [2.75, 3.05) is 13.2 Å². The Morgan fingerprint density at radius 3 is 1.39 bits per heavy atom. The Balaban J connectivity index is 3.93. The fourth-order valence-electron chi connectivity index (χ4n) is 5.44. The molecule has 0 bridgehead atoms. The summed E-state index contributed by atoms with van der Waals surface area (Å²) in [5, 5.41) is 0. The number of hydrogen-bond acceptors (Lipinski definition) is 4. The minimum Gasteiger partial charge on any atom is -0.466 e. The van der Waals surface area contributed by atoms with Gasteiger partial charge in [-0.3, -0.25) is 9.59 Å². The van der Waals surface area contributed by atoms with Crippen molar-refractivity contribution in [1.82, 2.24) is 0 Å². The fourth-order valence-corrected chi connectivity index (χ4v) is 5.44. The van der Waals surface area contributed by atoms with Crippen LogP contribution in [0.4, 0.5) is 0 Å². The molecule has 0 aliphatic rings. The van der Waals surface area contributed by atoms with E-state index in [1.165, 1.54) is 51.4 Å². The van der Waals surface area contributed by atoms with Gasteiger partial charge in [0.25, 0.3) is 0 Å². The summed E-state index contributed by atoms with van der Waals surface area (Å²) in [7, 11) is 0. The molecular weight excluding hydrogens is 472 g/mol. The van der Waals surface area contributed by atoms with Crippen LogP contribution >= 0.6 is 0 Å². The Bertz CT molecular complexity index is 567. The molecule has 4 nitrogen and oxygen atoms in total. The van der Waals surface area contributed by atoms with Crippen LogP contribution in [0.1, 0.15) is 158 Å². The molecular formula is C34H66O4. The number of rotatable bonds is 25. The lowest BCUT2D eigenvalue weighted by Gasteiger charge is -2.31. The number of carbonyl (C=O) groups excluding carboxylic acids is 2. The smallest absolute Gasteiger partial charge is 0.309 e. The molecule has 0 rings (SSSR count). The standard InChI is InChI=1S/C34H66O4/c1-27(2)21-19-25-37-32(35)24-18-16-14-12-10-9-11-13-15-17-23-31(29(5)6)33(30(7)8)34(36)38-26-20-22-28(3)4/h27-31,33H,9-26H2,1-8H3. The molecule has 0 radical (unpaired) electrons. The number of ether oxygens (including phenoxy) is 2. The van der Waals surface area contributed by atoms with Crippen molar-refractivity contribution < 1.29 is 19.1 Å². The van der Waals surface area contributed by atoms with Crippen molar-refractivity contribution in [3.63, 3.8) is 0 Å². The lowest BCUT2D eigenvalue weighted by atomic mass is 9.74. The van der Waals surface area contributed by atoms with E-state index in [2.05, 4.69) is 55.4 Å². The van der Waals surface area contributed by atoms with Crippen molar-refractivity contribution in [3.05, 3.63) is 0 Å². The van der Waals surface area contributed by atoms with Gasteiger partial charge in [0.05, 0.1) is 19.1 Å². The first-order valence-electron chi connectivity index (χ1n) is 16.4. The minimum atomic E-state index is -0.0216. The topological polar surface area (TPSA) is 52.6 Å². The maximum absolute atomic E-state index is 12.9. The van der Waals surface area contributed by atoms with E-state index in [0.29, 0.717) is 49.2 Å². The van der Waals surface area contributed by atoms with Crippen LogP contribution in [-0.4, -0.2) is 25.2 Å². The minimum absolute atomic E-state index is 0.0146. The number of unbranched alkanes of at least 4 members (excludes halogenated alkanes) is 9. The summed E-state index contributed by atoms with van der Waals surface area (Å²) in [5.41, 5.74) is 0. The number of hydrogen-bond donors (Lipinski definition) is 0. The molecule has 38 heavy (non-hydrogen) atoms. The number of carbonyl (C=O) groups is 2. The molecule has 0 aromatic rings. The molecule has 0 spiro atoms. The molecule has 0 N–H and O–H groups in total. The van der Waals surface area contributed by atoms with E-state index in [0.717, 1.165) is 44.9 Å². The Hall–Kier alpha value is -1.06. The van der Waals surface area contributed by atoms with Crippen LogP contribution in [0.15, 0.2) is 0 Å². The second-order valence-corrected chi connectivity index (χ2v) is 13.2. The summed E-state index contributed by atoms with van der Waals surface area (Å²) in [6, 6.07) is 0. The largest absolute Gasteiger partial charge is 0.466 e. The zero-order chi connectivity index (χ0) is 28.8. The lowest BCUT2D eigenvalue weighted by Crippen LogP contribution is -2.33. The van der Waals surface area contributed by atoms with E-state index >= 15 is 0 Å². The van der Waals surface area contributed by atoms with E-state index in [1.54, 1.807) is 0 Å². The molecule has 0 aromatic carbocycles. The van der Waals surface area contributed by atoms with Gasteiger partial charge < -0.3 is 9.47 Å². The van der Waals surface area contributed by atoms with Gasteiger partial charge in [0.2, 0.25) is 0 Å². The summed E-state index contributed by atoms with van der Waals surface area (Å²) in [6.45, 7) is 18.9. The van der Waals surface area contributed by atoms with Crippen molar-refractivity contribution >= 4 is 11.9 Å². The third kappa shape index (κ3) is 20.8. The van der Waals surface area contributed by atoms with Gasteiger partial charge in [0.1, 0.15) is 0 Å². The maximum atomic E-state index is 12.9. The van der Waals surface area contributed by atoms with Crippen LogP contribution < -0.4 is 0 Å². The molecule has 0 fully saturated rings. The molecule has 0 saturated heterocycles. The first-order valence-corrected chi connectivity index (χ1v) is 16.4. The highest BCUT2D eigenvalue weighted by Gasteiger charge is 2.33. The average Bonchev–Trinajstić information content (AvgIpc) is 2.83. The van der Waals surface area contributed by atoms with Crippen molar-refractivity contribution in [2.24, 2.45) is 35.5 Å². The van der Waals surface area contributed by atoms with Gasteiger partial charge in [-0.05, 0) is 68.1 Å². The van der Waals surface area contributed by atoms with Crippen molar-refractivity contribution in [2.45, 2.75) is 158 Å². The van der Waals surface area contributed by atoms with E-state index < -0.39 is 0 Å². The van der Waals surface area contributed by atoms with Crippen LogP contribution in [0.5, 0.6) is 0 Å². The van der Waals surface area contributed by atoms with Gasteiger partial charge in [-0.25, -0.2) is 0 Å². The van der Waals surface area contributed by atoms with Gasteiger partial charge >= 0.3 is 11.9 Å². The third-order valence-corrected chi connectivity index (χ3v) is 7.84. The molecule has 0 aliphatic heterocycles. The average molecular weight is 539 g/mol. The van der Waals surface area contributed by atoms with Crippen LogP contribution in [0.25, 0.3) is 0 Å². The molecule has 0 aliphatic carbocycles. The molecule has 4 heteroatoms. The fraction of sp³-hybridized carbons (Fsp3) is 0.941. The Morgan fingerprint density at radius 1 is 0.500 bits per heavy atom. The first-order chi connectivity index (χ1) is 18.1. The molecule has 2 unspecified atom stereocenters. The van der Waals surface area contributed by atoms with E-state index in [-0.39, 0.29) is 17.9 Å². The summed E-state index contributed by atoms with van der Waals surface area (Å²) in [5.74, 6) is 2.58. The monoisotopic (exact) mass is 538 g/mol. The van der Waals surface area contributed by atoms with E-state index in [4.69, 9.17) is 9.47 Å². The van der Waals surface area contributed by atoms with Gasteiger partial charge in [-0.15, -0.1) is 0 Å². The molecule has 226 valence electrons. The molecule has 0 saturated carbocycles. The lowest BCUT2D eigenvalue weighted by molar-refractivity contribution is -0.153. The molecule has 0 aromatic heterocycles. The highest BCUT2D eigenvalue weighted by atomic mass is 16.5. The Labute approximate surface area is 237 Å². The van der Waals surface area contributed by atoms with Crippen molar-refractivity contribution in [1.29, 1.82) is 0 Å². The second kappa shape index (κ2) is 23.8. The highest BCUT2D eigenvalue weighted by molar-refractivity contribution is 5.73. The van der Waals surface area contributed by atoms with E-state index in [1.807, 2.05) is 0 Å². The molecule has 0 amide bonds. The van der Waals surface area contributed by atoms with Gasteiger partial charge in [0, 0.05) is 6.42 Å². The van der Waals surface area contributed by atoms with Crippen LogP contribution in [0.3, 0.4) is 0 Å². The van der Waals surface area contributed by atoms with Crippen LogP contribution in [0.2, 0.25) is 0 Å². The Morgan fingerprint density at radius 2 is 0.947 bits per heavy atom. The normalized spacial score (nSPS) is 13.5. The predicted molar refractivity (Wildman–Crippen MR) is 162 cm³/mol. The predicted octanol–water partition coefficient (Wildman–Crippen LogP) is 10.2. The highest BCUT2D eigenvalue weighted by Crippen LogP contribution is 2.33. The Kier molecular flexibility index (Phi) is 23.1. The maximum Gasteiger partial charge on any atom is 0.309 e. The second-order valence-electron chi connectivity index (χ2n) is 13.2. The van der Waals surface area contributed by atoms with Gasteiger partial charge in [-0.2, -0.15) is 0 Å². The molecule has 2 atom stereocenters. The zero-order valence-corrected chi connectivity index (χ0v) is 26.8. The van der Waals surface area contributed by atoms with Gasteiger partial charge in [-0.1, -0.05) is 113 Å². The van der Waals surface area contributed by atoms with E-state index in [9.17, 15) is 9.59 Å². The summed E-state index contributed by atoms with van der Waals surface area (Å²) in [6.07, 6.45) is 18.1. The summed E-state index contributed by atoms with van der Waals surface area (Å²) in [4.78, 5) is 24.7. The summed E-state index contributed by atoms with van der Waals surface area (Å²) >= 11 is 0. The van der Waals surface area contributed by atoms with Crippen molar-refractivity contribution in [3.8, 4) is 0 Å².